The van der Waals surface area contributed by atoms with Gasteiger partial charge in [-0.25, -0.2) is 0 Å². The van der Waals surface area contributed by atoms with Gasteiger partial charge in [-0.15, -0.1) is 0 Å². The molecule has 1 atom stereocenters. The second-order valence-corrected chi connectivity index (χ2v) is 6.06. The number of nitriles is 1. The Morgan fingerprint density at radius 1 is 1.39 bits per heavy atom. The lowest BCUT2D eigenvalue weighted by atomic mass is 9.86. The molecule has 2 heteroatoms. The van der Waals surface area contributed by atoms with Crippen LogP contribution in [0.4, 0.5) is 0 Å². The number of rotatable bonds is 1. The van der Waals surface area contributed by atoms with Crippen molar-refractivity contribution >= 4 is 0 Å². The molecule has 1 aromatic rings. The summed E-state index contributed by atoms with van der Waals surface area (Å²) >= 11 is 0. The Morgan fingerprint density at radius 2 is 2.11 bits per heavy atom. The van der Waals surface area contributed by atoms with Crippen LogP contribution in [-0.4, -0.2) is 17.0 Å². The van der Waals surface area contributed by atoms with Crippen LogP contribution in [-0.2, 0) is 6.42 Å². The van der Waals surface area contributed by atoms with Gasteiger partial charge >= 0.3 is 0 Å². The van der Waals surface area contributed by atoms with E-state index in [4.69, 9.17) is 5.26 Å². The van der Waals surface area contributed by atoms with Crippen molar-refractivity contribution in [1.29, 1.82) is 5.26 Å². The monoisotopic (exact) mass is 242 g/mol. The quantitative estimate of drug-likeness (QED) is 0.751. The van der Waals surface area contributed by atoms with Crippen LogP contribution in [0.25, 0.3) is 0 Å². The third-order valence-corrected chi connectivity index (χ3v) is 3.88. The summed E-state index contributed by atoms with van der Waals surface area (Å²) in [6.45, 7) is 10.2. The van der Waals surface area contributed by atoms with Gasteiger partial charge in [-0.05, 0) is 56.9 Å². The first kappa shape index (κ1) is 13.1. The third-order valence-electron chi connectivity index (χ3n) is 3.88. The zero-order chi connectivity index (χ0) is 13.3. The van der Waals surface area contributed by atoms with Crippen molar-refractivity contribution in [3.05, 3.63) is 34.9 Å². The Bertz CT molecular complexity index is 477. The summed E-state index contributed by atoms with van der Waals surface area (Å²) in [6, 6.07) is 8.90. The van der Waals surface area contributed by atoms with Crippen molar-refractivity contribution in [3.63, 3.8) is 0 Å². The Kier molecular flexibility index (Phi) is 3.45. The predicted molar refractivity (Wildman–Crippen MR) is 74.4 cm³/mol. The van der Waals surface area contributed by atoms with E-state index in [1.165, 1.54) is 11.1 Å². The summed E-state index contributed by atoms with van der Waals surface area (Å²) in [5.74, 6) is 0. The highest BCUT2D eigenvalue weighted by atomic mass is 15.2. The highest BCUT2D eigenvalue weighted by Crippen LogP contribution is 2.36. The van der Waals surface area contributed by atoms with E-state index in [9.17, 15) is 0 Å². The number of fused-ring (bicyclic) bond motifs is 1. The molecule has 1 aromatic carbocycles. The van der Waals surface area contributed by atoms with Crippen LogP contribution in [0.3, 0.4) is 0 Å². The van der Waals surface area contributed by atoms with Gasteiger partial charge in [0.1, 0.15) is 0 Å². The maximum atomic E-state index is 8.98. The van der Waals surface area contributed by atoms with E-state index in [1.807, 2.05) is 6.07 Å². The SMILES string of the molecule is CCC1c2ccc(C#N)cc2CCN1C(C)(C)C. The van der Waals surface area contributed by atoms with Gasteiger partial charge in [0, 0.05) is 18.1 Å². The standard InChI is InChI=1S/C16H22N2/c1-5-15-14-7-6-12(11-17)10-13(14)8-9-18(15)16(2,3)4/h6-7,10,15H,5,8-9H2,1-4H3. The van der Waals surface area contributed by atoms with Gasteiger partial charge in [0.2, 0.25) is 0 Å². The van der Waals surface area contributed by atoms with Gasteiger partial charge in [-0.3, -0.25) is 4.90 Å². The van der Waals surface area contributed by atoms with E-state index in [0.29, 0.717) is 6.04 Å². The van der Waals surface area contributed by atoms with Crippen molar-refractivity contribution in [2.45, 2.75) is 52.1 Å². The molecule has 96 valence electrons. The fourth-order valence-corrected chi connectivity index (χ4v) is 3.02. The molecule has 0 aliphatic carbocycles. The van der Waals surface area contributed by atoms with Crippen LogP contribution < -0.4 is 0 Å². The fourth-order valence-electron chi connectivity index (χ4n) is 3.02. The molecule has 0 spiro atoms. The Balaban J connectivity index is 2.42. The summed E-state index contributed by atoms with van der Waals surface area (Å²) in [6.07, 6.45) is 2.18. The van der Waals surface area contributed by atoms with Gasteiger partial charge in [0.15, 0.2) is 0 Å². The molecular weight excluding hydrogens is 220 g/mol. The van der Waals surface area contributed by atoms with Gasteiger partial charge < -0.3 is 0 Å². The molecule has 1 aliphatic heterocycles. The number of benzene rings is 1. The highest BCUT2D eigenvalue weighted by molar-refractivity contribution is 5.41. The van der Waals surface area contributed by atoms with Crippen LogP contribution in [0.15, 0.2) is 18.2 Å². The third kappa shape index (κ3) is 2.28. The second-order valence-electron chi connectivity index (χ2n) is 6.06. The molecule has 0 amide bonds. The summed E-state index contributed by atoms with van der Waals surface area (Å²) < 4.78 is 0. The smallest absolute Gasteiger partial charge is 0.0991 e. The Labute approximate surface area is 110 Å². The van der Waals surface area contributed by atoms with E-state index in [1.54, 1.807) is 0 Å². The zero-order valence-electron chi connectivity index (χ0n) is 11.8. The van der Waals surface area contributed by atoms with Crippen molar-refractivity contribution in [3.8, 4) is 6.07 Å². The molecule has 1 unspecified atom stereocenters. The summed E-state index contributed by atoms with van der Waals surface area (Å²) in [7, 11) is 0. The lowest BCUT2D eigenvalue weighted by molar-refractivity contribution is 0.0706. The maximum Gasteiger partial charge on any atom is 0.0991 e. The van der Waals surface area contributed by atoms with Crippen molar-refractivity contribution < 1.29 is 0 Å². The van der Waals surface area contributed by atoms with E-state index >= 15 is 0 Å². The van der Waals surface area contributed by atoms with E-state index in [-0.39, 0.29) is 5.54 Å². The molecule has 18 heavy (non-hydrogen) atoms. The van der Waals surface area contributed by atoms with Gasteiger partial charge in [-0.1, -0.05) is 13.0 Å². The van der Waals surface area contributed by atoms with Crippen molar-refractivity contribution in [2.75, 3.05) is 6.54 Å². The molecule has 0 saturated heterocycles. The number of hydrogen-bond donors (Lipinski definition) is 0. The first-order valence-corrected chi connectivity index (χ1v) is 6.77. The molecule has 0 saturated carbocycles. The molecule has 0 fully saturated rings. The van der Waals surface area contributed by atoms with E-state index < -0.39 is 0 Å². The molecule has 1 aliphatic rings. The molecule has 0 radical (unpaired) electrons. The molecule has 0 aromatic heterocycles. The van der Waals surface area contributed by atoms with Crippen LogP contribution in [0, 0.1) is 11.3 Å². The van der Waals surface area contributed by atoms with Gasteiger partial charge in [0.25, 0.3) is 0 Å². The summed E-state index contributed by atoms with van der Waals surface area (Å²) in [5, 5.41) is 8.98. The van der Waals surface area contributed by atoms with Crippen LogP contribution in [0.2, 0.25) is 0 Å². The number of hydrogen-bond acceptors (Lipinski definition) is 2. The molecule has 2 rings (SSSR count). The van der Waals surface area contributed by atoms with Crippen molar-refractivity contribution in [2.24, 2.45) is 0 Å². The minimum Gasteiger partial charge on any atom is -0.291 e. The number of nitrogens with zero attached hydrogens (tertiary/aromatic N) is 2. The molecular formula is C16H22N2. The second kappa shape index (κ2) is 4.74. The van der Waals surface area contributed by atoms with Crippen LogP contribution in [0.5, 0.6) is 0 Å². The molecule has 0 N–H and O–H groups in total. The first-order chi connectivity index (χ1) is 8.47. The fraction of sp³-hybridized carbons (Fsp3) is 0.562. The van der Waals surface area contributed by atoms with Gasteiger partial charge in [0.05, 0.1) is 11.6 Å². The first-order valence-electron chi connectivity index (χ1n) is 6.77. The highest BCUT2D eigenvalue weighted by Gasteiger charge is 2.32. The topological polar surface area (TPSA) is 27.0 Å². The normalized spacial score (nSPS) is 20.3. The van der Waals surface area contributed by atoms with Crippen LogP contribution in [0.1, 0.15) is 56.8 Å². The Morgan fingerprint density at radius 3 is 2.67 bits per heavy atom. The lowest BCUT2D eigenvalue weighted by Gasteiger charge is -2.45. The summed E-state index contributed by atoms with van der Waals surface area (Å²) in [5.41, 5.74) is 3.76. The molecule has 0 bridgehead atoms. The van der Waals surface area contributed by atoms with Gasteiger partial charge in [-0.2, -0.15) is 5.26 Å². The minimum atomic E-state index is 0.201. The molecule has 1 heterocycles. The average Bonchev–Trinajstić information content (AvgIpc) is 2.35. The lowest BCUT2D eigenvalue weighted by Crippen LogP contribution is -2.47. The average molecular weight is 242 g/mol. The van der Waals surface area contributed by atoms with E-state index in [0.717, 1.165) is 24.9 Å². The van der Waals surface area contributed by atoms with E-state index in [2.05, 4.69) is 50.8 Å². The maximum absolute atomic E-state index is 8.98. The zero-order valence-corrected chi connectivity index (χ0v) is 11.8. The Hall–Kier alpha value is -1.33. The van der Waals surface area contributed by atoms with Crippen molar-refractivity contribution in [1.82, 2.24) is 4.90 Å². The predicted octanol–water partition coefficient (Wildman–Crippen LogP) is 3.67. The minimum absolute atomic E-state index is 0.201. The van der Waals surface area contributed by atoms with Crippen LogP contribution >= 0.6 is 0 Å². The summed E-state index contributed by atoms with van der Waals surface area (Å²) in [4.78, 5) is 2.58. The molecule has 2 nitrogen and oxygen atoms in total. The largest absolute Gasteiger partial charge is 0.291 e.